The Balaban J connectivity index is 1.92. The standard InChI is InChI=1S/C19H19N3O4/c1-19(2,18(24)20-13-6-4-7-14(12-13)25-3)22-17(23)10-9-15(21-22)16-8-5-11-26-16/h4-12H,1-3H3,(H,20,24). The zero-order chi connectivity index (χ0) is 18.7. The van der Waals surface area contributed by atoms with E-state index in [9.17, 15) is 9.59 Å². The van der Waals surface area contributed by atoms with Gasteiger partial charge < -0.3 is 14.5 Å². The van der Waals surface area contributed by atoms with Crippen LogP contribution in [0.25, 0.3) is 11.5 Å². The number of anilines is 1. The van der Waals surface area contributed by atoms with Gasteiger partial charge >= 0.3 is 0 Å². The SMILES string of the molecule is COc1cccc(NC(=O)C(C)(C)n2nc(-c3ccco3)ccc2=O)c1. The largest absolute Gasteiger partial charge is 0.497 e. The molecule has 0 aliphatic carbocycles. The van der Waals surface area contributed by atoms with Crippen molar-refractivity contribution in [2.24, 2.45) is 0 Å². The summed E-state index contributed by atoms with van der Waals surface area (Å²) in [5.41, 5.74) is -0.566. The van der Waals surface area contributed by atoms with E-state index >= 15 is 0 Å². The third-order valence-corrected chi connectivity index (χ3v) is 3.99. The van der Waals surface area contributed by atoms with Crippen LogP contribution in [0.15, 0.2) is 64.0 Å². The number of benzene rings is 1. The number of aromatic nitrogens is 2. The highest BCUT2D eigenvalue weighted by molar-refractivity contribution is 5.96. The van der Waals surface area contributed by atoms with Gasteiger partial charge in [0.05, 0.1) is 13.4 Å². The van der Waals surface area contributed by atoms with Crippen molar-refractivity contribution in [2.45, 2.75) is 19.4 Å². The fourth-order valence-corrected chi connectivity index (χ4v) is 2.45. The molecule has 0 aliphatic rings. The lowest BCUT2D eigenvalue weighted by Crippen LogP contribution is -2.47. The molecule has 1 N–H and O–H groups in total. The molecule has 0 fully saturated rings. The molecule has 0 saturated heterocycles. The Morgan fingerprint density at radius 1 is 1.19 bits per heavy atom. The second-order valence-corrected chi connectivity index (χ2v) is 6.19. The van der Waals surface area contributed by atoms with Gasteiger partial charge in [0.25, 0.3) is 11.5 Å². The van der Waals surface area contributed by atoms with Gasteiger partial charge in [0.15, 0.2) is 5.76 Å². The van der Waals surface area contributed by atoms with Gasteiger partial charge in [-0.05, 0) is 44.2 Å². The van der Waals surface area contributed by atoms with E-state index in [1.807, 2.05) is 0 Å². The maximum Gasteiger partial charge on any atom is 0.267 e. The number of carbonyl (C=O) groups is 1. The summed E-state index contributed by atoms with van der Waals surface area (Å²) in [6.07, 6.45) is 1.52. The minimum atomic E-state index is -1.22. The van der Waals surface area contributed by atoms with Crippen LogP contribution in [0.3, 0.4) is 0 Å². The van der Waals surface area contributed by atoms with Crippen LogP contribution in [0.2, 0.25) is 0 Å². The monoisotopic (exact) mass is 353 g/mol. The number of nitrogens with zero attached hydrogens (tertiary/aromatic N) is 2. The van der Waals surface area contributed by atoms with Crippen molar-refractivity contribution in [1.82, 2.24) is 9.78 Å². The normalized spacial score (nSPS) is 11.2. The summed E-state index contributed by atoms with van der Waals surface area (Å²) in [5.74, 6) is 0.760. The van der Waals surface area contributed by atoms with Gasteiger partial charge in [-0.15, -0.1) is 0 Å². The second-order valence-electron chi connectivity index (χ2n) is 6.19. The van der Waals surface area contributed by atoms with Crippen LogP contribution < -0.4 is 15.6 Å². The zero-order valence-corrected chi connectivity index (χ0v) is 14.7. The fourth-order valence-electron chi connectivity index (χ4n) is 2.45. The first-order chi connectivity index (χ1) is 12.4. The molecule has 1 amide bonds. The molecule has 0 bridgehead atoms. The molecule has 0 saturated carbocycles. The molecule has 7 nitrogen and oxygen atoms in total. The highest BCUT2D eigenvalue weighted by atomic mass is 16.5. The van der Waals surface area contributed by atoms with Crippen molar-refractivity contribution in [3.63, 3.8) is 0 Å². The minimum Gasteiger partial charge on any atom is -0.497 e. The van der Waals surface area contributed by atoms with Gasteiger partial charge in [-0.3, -0.25) is 9.59 Å². The maximum absolute atomic E-state index is 12.8. The predicted octanol–water partition coefficient (Wildman–Crippen LogP) is 2.89. The van der Waals surface area contributed by atoms with Crippen LogP contribution in [0.1, 0.15) is 13.8 Å². The highest BCUT2D eigenvalue weighted by Gasteiger charge is 2.32. The molecule has 3 rings (SSSR count). The van der Waals surface area contributed by atoms with Gasteiger partial charge in [0, 0.05) is 17.8 Å². The van der Waals surface area contributed by atoms with Gasteiger partial charge in [-0.1, -0.05) is 6.07 Å². The maximum atomic E-state index is 12.8. The summed E-state index contributed by atoms with van der Waals surface area (Å²) in [5, 5.41) is 7.10. The van der Waals surface area contributed by atoms with Crippen LogP contribution >= 0.6 is 0 Å². The summed E-state index contributed by atoms with van der Waals surface area (Å²) in [6, 6.07) is 13.4. The van der Waals surface area contributed by atoms with Crippen molar-refractivity contribution in [3.05, 3.63) is 65.1 Å². The number of methoxy groups -OCH3 is 1. The Bertz CT molecular complexity index is 974. The molecule has 0 spiro atoms. The first-order valence-corrected chi connectivity index (χ1v) is 8.02. The zero-order valence-electron chi connectivity index (χ0n) is 14.7. The molecule has 2 aromatic heterocycles. The third kappa shape index (κ3) is 3.37. The number of furan rings is 1. The number of rotatable bonds is 5. The smallest absolute Gasteiger partial charge is 0.267 e. The average molecular weight is 353 g/mol. The van der Waals surface area contributed by atoms with Gasteiger partial charge in [0.2, 0.25) is 0 Å². The minimum absolute atomic E-state index is 0.378. The van der Waals surface area contributed by atoms with E-state index in [2.05, 4.69) is 10.4 Å². The molecule has 0 atom stereocenters. The van der Waals surface area contributed by atoms with E-state index in [1.165, 1.54) is 12.3 Å². The van der Waals surface area contributed by atoms with Gasteiger partial charge in [0.1, 0.15) is 17.0 Å². The van der Waals surface area contributed by atoms with Crippen molar-refractivity contribution in [2.75, 3.05) is 12.4 Å². The summed E-state index contributed by atoms with van der Waals surface area (Å²) >= 11 is 0. The van der Waals surface area contributed by atoms with Gasteiger partial charge in [-0.25, -0.2) is 4.68 Å². The van der Waals surface area contributed by atoms with E-state index in [4.69, 9.17) is 9.15 Å². The predicted molar refractivity (Wildman–Crippen MR) is 97.1 cm³/mol. The topological polar surface area (TPSA) is 86.4 Å². The lowest BCUT2D eigenvalue weighted by molar-refractivity contribution is -0.123. The Labute approximate surface area is 150 Å². The Kier molecular flexibility index (Phi) is 4.62. The molecule has 1 aromatic carbocycles. The van der Waals surface area contributed by atoms with Crippen molar-refractivity contribution >= 4 is 11.6 Å². The molecule has 0 radical (unpaired) electrons. The fraction of sp³-hybridized carbons (Fsp3) is 0.211. The summed E-state index contributed by atoms with van der Waals surface area (Å²) < 4.78 is 11.6. The van der Waals surface area contributed by atoms with Crippen LogP contribution in [-0.2, 0) is 10.3 Å². The Morgan fingerprint density at radius 3 is 2.69 bits per heavy atom. The highest BCUT2D eigenvalue weighted by Crippen LogP contribution is 2.21. The van der Waals surface area contributed by atoms with Crippen LogP contribution in [0.4, 0.5) is 5.69 Å². The van der Waals surface area contributed by atoms with E-state index in [-0.39, 0.29) is 11.5 Å². The lowest BCUT2D eigenvalue weighted by Gasteiger charge is -2.25. The molecule has 0 unspecified atom stereocenters. The number of ether oxygens (including phenoxy) is 1. The molecule has 26 heavy (non-hydrogen) atoms. The third-order valence-electron chi connectivity index (χ3n) is 3.99. The number of nitrogens with one attached hydrogen (secondary N) is 1. The first-order valence-electron chi connectivity index (χ1n) is 8.02. The number of carbonyl (C=O) groups excluding carboxylic acids is 1. The van der Waals surface area contributed by atoms with Crippen LogP contribution in [0, 0.1) is 0 Å². The van der Waals surface area contributed by atoms with Gasteiger partial charge in [-0.2, -0.15) is 5.10 Å². The van der Waals surface area contributed by atoms with Crippen LogP contribution in [0.5, 0.6) is 5.75 Å². The summed E-state index contributed by atoms with van der Waals surface area (Å²) in [6.45, 7) is 3.26. The molecule has 3 aromatic rings. The van der Waals surface area contributed by atoms with Crippen molar-refractivity contribution in [3.8, 4) is 17.2 Å². The van der Waals surface area contributed by atoms with E-state index in [1.54, 1.807) is 63.4 Å². The first kappa shape index (κ1) is 17.5. The van der Waals surface area contributed by atoms with Crippen molar-refractivity contribution in [1.29, 1.82) is 0 Å². The van der Waals surface area contributed by atoms with E-state index in [0.717, 1.165) is 4.68 Å². The number of amides is 1. The summed E-state index contributed by atoms with van der Waals surface area (Å²) in [4.78, 5) is 25.1. The molecule has 2 heterocycles. The van der Waals surface area contributed by atoms with Crippen LogP contribution in [-0.4, -0.2) is 22.8 Å². The van der Waals surface area contributed by atoms with E-state index < -0.39 is 5.54 Å². The molecule has 0 aliphatic heterocycles. The molecule has 7 heteroatoms. The molecular weight excluding hydrogens is 334 g/mol. The van der Waals surface area contributed by atoms with Crippen molar-refractivity contribution < 1.29 is 13.9 Å². The average Bonchev–Trinajstić information content (AvgIpc) is 3.16. The Hall–Kier alpha value is -3.35. The van der Waals surface area contributed by atoms with E-state index in [0.29, 0.717) is 22.9 Å². The Morgan fingerprint density at radius 2 is 2.00 bits per heavy atom. The molecule has 134 valence electrons. The number of hydrogen-bond donors (Lipinski definition) is 1. The number of hydrogen-bond acceptors (Lipinski definition) is 5. The molecular formula is C19H19N3O4. The summed E-state index contributed by atoms with van der Waals surface area (Å²) in [7, 11) is 1.55. The second kappa shape index (κ2) is 6.87. The lowest BCUT2D eigenvalue weighted by atomic mass is 10.0. The quantitative estimate of drug-likeness (QED) is 0.762.